The number of hydrogen-bond donors (Lipinski definition) is 1. The van der Waals surface area contributed by atoms with Gasteiger partial charge in [-0.1, -0.05) is 42.9 Å². The van der Waals surface area contributed by atoms with Gasteiger partial charge in [0.25, 0.3) is 5.78 Å². The Morgan fingerprint density at radius 3 is 2.58 bits per heavy atom. The second kappa shape index (κ2) is 11.7. The van der Waals surface area contributed by atoms with Crippen LogP contribution in [-0.4, -0.2) is 40.0 Å². The molecule has 0 radical (unpaired) electrons. The molecule has 0 spiro atoms. The van der Waals surface area contributed by atoms with E-state index in [1.54, 1.807) is 48.5 Å². The Morgan fingerprint density at radius 2 is 1.85 bits per heavy atom. The highest BCUT2D eigenvalue weighted by atomic mass is 35.5. The molecule has 1 atom stereocenters. The smallest absolute Gasteiger partial charge is 0.301 e. The predicted molar refractivity (Wildman–Crippen MR) is 156 cm³/mol. The summed E-state index contributed by atoms with van der Waals surface area (Å²) in [4.78, 5) is 37.0. The molecule has 1 N–H and O–H groups in total. The van der Waals surface area contributed by atoms with Crippen molar-refractivity contribution in [2.24, 2.45) is 5.92 Å². The number of Topliss-reactive ketones (excluding diaryl/α,β-unsaturated/α-hetero) is 1. The standard InChI is InChI=1S/C30H28ClN3O5S/c1-4-38-23-15-19(5-8-22(23)39-14-11-17(2)3)26-25(27(35)18-9-12-32-13-10-18)28(36)29(37)34(26)30-33-21-7-6-20(31)16-24(21)40-30/h5-10,12-13,15-17,26,35H,4,11,14H2,1-3H3/b27-25+. The van der Waals surface area contributed by atoms with E-state index in [0.29, 0.717) is 57.4 Å². The van der Waals surface area contributed by atoms with Gasteiger partial charge in [0, 0.05) is 23.0 Å². The van der Waals surface area contributed by atoms with Crippen LogP contribution >= 0.6 is 22.9 Å². The Morgan fingerprint density at radius 1 is 1.07 bits per heavy atom. The molecule has 206 valence electrons. The van der Waals surface area contributed by atoms with Crippen LogP contribution in [0.1, 0.15) is 44.4 Å². The van der Waals surface area contributed by atoms with Crippen molar-refractivity contribution in [3.05, 3.63) is 82.6 Å². The number of amides is 1. The summed E-state index contributed by atoms with van der Waals surface area (Å²) >= 11 is 7.43. The van der Waals surface area contributed by atoms with Crippen LogP contribution in [0.5, 0.6) is 11.5 Å². The maximum Gasteiger partial charge on any atom is 0.301 e. The first-order chi connectivity index (χ1) is 19.3. The SMILES string of the molecule is CCOc1cc(C2/C(=C(\O)c3ccncc3)C(=O)C(=O)N2c2nc3ccc(Cl)cc3s2)ccc1OCCC(C)C. The van der Waals surface area contributed by atoms with Gasteiger partial charge in [0.05, 0.1) is 35.0 Å². The number of aliphatic hydroxyl groups excluding tert-OH is 1. The van der Waals surface area contributed by atoms with Gasteiger partial charge in [-0.15, -0.1) is 0 Å². The van der Waals surface area contributed by atoms with Gasteiger partial charge in [-0.05, 0) is 67.3 Å². The van der Waals surface area contributed by atoms with Crippen molar-refractivity contribution in [2.75, 3.05) is 18.1 Å². The van der Waals surface area contributed by atoms with Gasteiger partial charge < -0.3 is 14.6 Å². The molecule has 2 aromatic heterocycles. The van der Waals surface area contributed by atoms with Crippen LogP contribution in [-0.2, 0) is 9.59 Å². The average Bonchev–Trinajstić information content (AvgIpc) is 3.47. The van der Waals surface area contributed by atoms with Gasteiger partial charge in [0.2, 0.25) is 0 Å². The first-order valence-corrected chi connectivity index (χ1v) is 14.1. The molecule has 1 fully saturated rings. The Bertz CT molecular complexity index is 1600. The second-order valence-corrected chi connectivity index (χ2v) is 11.1. The van der Waals surface area contributed by atoms with Crippen LogP contribution < -0.4 is 14.4 Å². The lowest BCUT2D eigenvalue weighted by molar-refractivity contribution is -0.132. The first kappa shape index (κ1) is 27.6. The molecule has 3 heterocycles. The highest BCUT2D eigenvalue weighted by molar-refractivity contribution is 7.22. The molecule has 1 saturated heterocycles. The number of anilines is 1. The molecule has 10 heteroatoms. The van der Waals surface area contributed by atoms with Crippen LogP contribution in [0.15, 0.2) is 66.5 Å². The number of aliphatic hydroxyl groups is 1. The number of benzene rings is 2. The van der Waals surface area contributed by atoms with Crippen LogP contribution in [0.25, 0.3) is 16.0 Å². The minimum Gasteiger partial charge on any atom is -0.507 e. The molecular weight excluding hydrogens is 550 g/mol. The van der Waals surface area contributed by atoms with E-state index in [4.69, 9.17) is 21.1 Å². The molecule has 5 rings (SSSR count). The maximum atomic E-state index is 13.6. The number of halogens is 1. The van der Waals surface area contributed by atoms with Gasteiger partial charge >= 0.3 is 5.91 Å². The Hall–Kier alpha value is -3.95. The summed E-state index contributed by atoms with van der Waals surface area (Å²) in [5.41, 5.74) is 1.52. The zero-order valence-electron chi connectivity index (χ0n) is 22.3. The van der Waals surface area contributed by atoms with Gasteiger partial charge in [-0.3, -0.25) is 19.5 Å². The predicted octanol–water partition coefficient (Wildman–Crippen LogP) is 6.79. The normalized spacial score (nSPS) is 16.7. The van der Waals surface area contributed by atoms with Crippen molar-refractivity contribution in [3.8, 4) is 11.5 Å². The fourth-order valence-corrected chi connectivity index (χ4v) is 5.76. The summed E-state index contributed by atoms with van der Waals surface area (Å²) in [6.45, 7) is 7.02. The van der Waals surface area contributed by atoms with E-state index < -0.39 is 17.7 Å². The van der Waals surface area contributed by atoms with Crippen molar-refractivity contribution in [1.82, 2.24) is 9.97 Å². The van der Waals surface area contributed by atoms with Crippen molar-refractivity contribution in [1.29, 1.82) is 0 Å². The third kappa shape index (κ3) is 5.39. The van der Waals surface area contributed by atoms with E-state index in [-0.39, 0.29) is 11.3 Å². The molecular formula is C30H28ClN3O5S. The van der Waals surface area contributed by atoms with Gasteiger partial charge in [0.1, 0.15) is 5.76 Å². The second-order valence-electron chi connectivity index (χ2n) is 9.68. The third-order valence-electron chi connectivity index (χ3n) is 6.48. The maximum absolute atomic E-state index is 13.6. The number of ether oxygens (including phenoxy) is 2. The largest absolute Gasteiger partial charge is 0.507 e. The van der Waals surface area contributed by atoms with E-state index in [9.17, 15) is 14.7 Å². The van der Waals surface area contributed by atoms with Crippen LogP contribution in [0.2, 0.25) is 5.02 Å². The molecule has 8 nitrogen and oxygen atoms in total. The average molecular weight is 578 g/mol. The van der Waals surface area contributed by atoms with Crippen molar-refractivity contribution in [2.45, 2.75) is 33.2 Å². The molecule has 0 bridgehead atoms. The third-order valence-corrected chi connectivity index (χ3v) is 7.73. The van der Waals surface area contributed by atoms with Crippen molar-refractivity contribution < 1.29 is 24.2 Å². The number of fused-ring (bicyclic) bond motifs is 1. The number of nitrogens with zero attached hydrogens (tertiary/aromatic N) is 3. The first-order valence-electron chi connectivity index (χ1n) is 13.0. The van der Waals surface area contributed by atoms with E-state index in [2.05, 4.69) is 23.8 Å². The van der Waals surface area contributed by atoms with Crippen LogP contribution in [0, 0.1) is 5.92 Å². The van der Waals surface area contributed by atoms with Crippen LogP contribution in [0.3, 0.4) is 0 Å². The molecule has 0 saturated carbocycles. The molecule has 2 aromatic carbocycles. The molecule has 1 amide bonds. The van der Waals surface area contributed by atoms with E-state index in [0.717, 1.165) is 11.1 Å². The number of carbonyl (C=O) groups excluding carboxylic acids is 2. The lowest BCUT2D eigenvalue weighted by Crippen LogP contribution is -2.29. The monoisotopic (exact) mass is 577 g/mol. The molecule has 40 heavy (non-hydrogen) atoms. The van der Waals surface area contributed by atoms with E-state index >= 15 is 0 Å². The van der Waals surface area contributed by atoms with Crippen molar-refractivity contribution >= 4 is 55.7 Å². The number of aromatic nitrogens is 2. The highest BCUT2D eigenvalue weighted by Crippen LogP contribution is 2.46. The highest BCUT2D eigenvalue weighted by Gasteiger charge is 2.48. The van der Waals surface area contributed by atoms with Gasteiger partial charge in [-0.2, -0.15) is 0 Å². The quantitative estimate of drug-likeness (QED) is 0.133. The fraction of sp³-hybridized carbons (Fsp3) is 0.267. The topological polar surface area (TPSA) is 102 Å². The number of thiazole rings is 1. The van der Waals surface area contributed by atoms with Gasteiger partial charge in [-0.25, -0.2) is 4.98 Å². The Labute approximate surface area is 240 Å². The summed E-state index contributed by atoms with van der Waals surface area (Å²) in [5.74, 6) is -0.381. The fourth-order valence-electron chi connectivity index (χ4n) is 4.49. The number of carbonyl (C=O) groups is 2. The summed E-state index contributed by atoms with van der Waals surface area (Å²) in [7, 11) is 0. The molecule has 1 aliphatic rings. The molecule has 4 aromatic rings. The summed E-state index contributed by atoms with van der Waals surface area (Å²) in [6, 6.07) is 12.7. The molecule has 1 aliphatic heterocycles. The minimum absolute atomic E-state index is 0.0515. The summed E-state index contributed by atoms with van der Waals surface area (Å²) in [5, 5.41) is 12.2. The number of pyridine rings is 1. The van der Waals surface area contributed by atoms with Crippen LogP contribution in [0.4, 0.5) is 5.13 Å². The molecule has 0 aliphatic carbocycles. The number of rotatable bonds is 9. The summed E-state index contributed by atoms with van der Waals surface area (Å²) in [6.07, 6.45) is 3.89. The number of ketones is 1. The van der Waals surface area contributed by atoms with E-state index in [1.165, 1.54) is 28.6 Å². The summed E-state index contributed by atoms with van der Waals surface area (Å²) < 4.78 is 12.7. The minimum atomic E-state index is -0.965. The van der Waals surface area contributed by atoms with Crippen molar-refractivity contribution in [3.63, 3.8) is 0 Å². The lowest BCUT2D eigenvalue weighted by atomic mass is 9.95. The van der Waals surface area contributed by atoms with E-state index in [1.807, 2.05) is 6.92 Å². The zero-order valence-corrected chi connectivity index (χ0v) is 23.8. The molecule has 1 unspecified atom stereocenters. The zero-order chi connectivity index (χ0) is 28.4. The Kier molecular flexibility index (Phi) is 8.04. The number of hydrogen-bond acceptors (Lipinski definition) is 8. The lowest BCUT2D eigenvalue weighted by Gasteiger charge is -2.24. The Balaban J connectivity index is 1.66. The van der Waals surface area contributed by atoms with Gasteiger partial charge in [0.15, 0.2) is 16.6 Å².